The minimum absolute atomic E-state index is 1.19. The predicted octanol–water partition coefficient (Wildman–Crippen LogP) is 2.56. The summed E-state index contributed by atoms with van der Waals surface area (Å²) in [5.74, 6) is 0. The summed E-state index contributed by atoms with van der Waals surface area (Å²) < 4.78 is 2.38. The van der Waals surface area contributed by atoms with Crippen LogP contribution in [-0.4, -0.2) is 20.4 Å². The summed E-state index contributed by atoms with van der Waals surface area (Å²) >= 11 is 0. The Labute approximate surface area is 167 Å². The summed E-state index contributed by atoms with van der Waals surface area (Å²) in [5.41, 5.74) is 5.07. The lowest BCUT2D eigenvalue weighted by atomic mass is 9.24. The van der Waals surface area contributed by atoms with E-state index in [4.69, 9.17) is 0 Å². The van der Waals surface area contributed by atoms with Crippen molar-refractivity contribution in [3.63, 3.8) is 0 Å². The minimum atomic E-state index is -1.35. The molecule has 3 aromatic carbocycles. The molecule has 0 unspecified atom stereocenters. The van der Waals surface area contributed by atoms with Gasteiger partial charge >= 0.3 is 6.28 Å². The summed E-state index contributed by atoms with van der Waals surface area (Å²) in [4.78, 5) is 2.13. The van der Waals surface area contributed by atoms with Crippen LogP contribution in [0.4, 0.5) is 5.69 Å². The second-order valence-electron chi connectivity index (χ2n) is 7.45. The lowest BCUT2D eigenvalue weighted by Crippen LogP contribution is -2.84. The van der Waals surface area contributed by atoms with Gasteiger partial charge in [0.1, 0.15) is 12.4 Å². The van der Waals surface area contributed by atoms with Crippen LogP contribution in [0.25, 0.3) is 0 Å². The van der Waals surface area contributed by atoms with Crippen LogP contribution >= 0.6 is 0 Å². The third-order valence-electron chi connectivity index (χ3n) is 5.64. The number of nitrogens with zero attached hydrogens (tertiary/aromatic N) is 2. The third-order valence-corrected chi connectivity index (χ3v) is 5.64. The molecular formula is C25H25BN2. The predicted molar refractivity (Wildman–Crippen MR) is 120 cm³/mol. The standard InChI is InChI=1S/C25H25BN2/c1-27(2)25-18-20-28(21-19-25)26(22-12-6-3-7-13-22,23-14-8-4-9-15-23)24-16-10-5-11-17-24/h3-21H,1-2H3. The lowest BCUT2D eigenvalue weighted by molar-refractivity contribution is -0.539. The van der Waals surface area contributed by atoms with Crippen molar-refractivity contribution in [2.45, 2.75) is 0 Å². The maximum absolute atomic E-state index is 2.38. The van der Waals surface area contributed by atoms with Crippen molar-refractivity contribution in [3.8, 4) is 0 Å². The highest BCUT2D eigenvalue weighted by atomic mass is 15.1. The zero-order valence-electron chi connectivity index (χ0n) is 16.4. The van der Waals surface area contributed by atoms with Gasteiger partial charge in [0.25, 0.3) is 0 Å². The van der Waals surface area contributed by atoms with Crippen LogP contribution in [0, 0.1) is 0 Å². The van der Waals surface area contributed by atoms with Crippen molar-refractivity contribution in [2.24, 2.45) is 0 Å². The fraction of sp³-hybridized carbons (Fsp3) is 0.0800. The molecule has 0 radical (unpaired) electrons. The molecule has 0 aliphatic rings. The van der Waals surface area contributed by atoms with E-state index < -0.39 is 6.28 Å². The molecule has 3 heteroatoms. The van der Waals surface area contributed by atoms with Crippen LogP contribution in [0.5, 0.6) is 0 Å². The Hall–Kier alpha value is -3.33. The highest BCUT2D eigenvalue weighted by Gasteiger charge is 2.41. The molecule has 4 aromatic rings. The molecular weight excluding hydrogens is 339 g/mol. The molecule has 0 N–H and O–H groups in total. The monoisotopic (exact) mass is 364 g/mol. The smallest absolute Gasteiger partial charge is 0.359 e. The molecule has 138 valence electrons. The van der Waals surface area contributed by atoms with Crippen molar-refractivity contribution in [1.82, 2.24) is 0 Å². The molecule has 4 rings (SSSR count). The first-order chi connectivity index (χ1) is 13.7. The van der Waals surface area contributed by atoms with E-state index in [0.29, 0.717) is 0 Å². The zero-order valence-corrected chi connectivity index (χ0v) is 16.4. The van der Waals surface area contributed by atoms with Crippen molar-refractivity contribution < 1.29 is 4.48 Å². The fourth-order valence-corrected chi connectivity index (χ4v) is 4.27. The van der Waals surface area contributed by atoms with Crippen molar-refractivity contribution >= 4 is 28.4 Å². The SMILES string of the molecule is CN(C)c1cc[n+]([B-](c2ccccc2)(c2ccccc2)c2ccccc2)cc1. The topological polar surface area (TPSA) is 7.12 Å². The van der Waals surface area contributed by atoms with E-state index in [0.717, 1.165) is 0 Å². The number of rotatable bonds is 5. The van der Waals surface area contributed by atoms with Gasteiger partial charge in [0.05, 0.1) is 0 Å². The Morgan fingerprint density at radius 1 is 0.536 bits per heavy atom. The maximum atomic E-state index is 2.38. The molecule has 0 amide bonds. The summed E-state index contributed by atoms with van der Waals surface area (Å²) in [6.07, 6.45) is 3.07. The van der Waals surface area contributed by atoms with Crippen LogP contribution in [0.2, 0.25) is 0 Å². The lowest BCUT2D eigenvalue weighted by Gasteiger charge is -2.36. The normalized spacial score (nSPS) is 11.2. The molecule has 2 nitrogen and oxygen atoms in total. The largest absolute Gasteiger partial charge is 0.415 e. The quantitative estimate of drug-likeness (QED) is 0.494. The van der Waals surface area contributed by atoms with Gasteiger partial charge in [-0.1, -0.05) is 91.0 Å². The van der Waals surface area contributed by atoms with Gasteiger partial charge in [0.2, 0.25) is 0 Å². The van der Waals surface area contributed by atoms with E-state index >= 15 is 0 Å². The average molecular weight is 364 g/mol. The third kappa shape index (κ3) is 3.09. The number of hydrogen-bond acceptors (Lipinski definition) is 1. The van der Waals surface area contributed by atoms with Crippen LogP contribution in [0.1, 0.15) is 0 Å². The Kier molecular flexibility index (Phi) is 4.99. The Balaban J connectivity index is 2.07. The molecule has 1 heterocycles. The number of hydrogen-bond donors (Lipinski definition) is 0. The Bertz CT molecular complexity index is 918. The molecule has 0 bridgehead atoms. The van der Waals surface area contributed by atoms with Gasteiger partial charge in [-0.2, -0.15) is 0 Å². The van der Waals surface area contributed by atoms with Gasteiger partial charge < -0.3 is 9.38 Å². The van der Waals surface area contributed by atoms with E-state index in [-0.39, 0.29) is 0 Å². The van der Waals surface area contributed by atoms with Gasteiger partial charge in [0, 0.05) is 31.9 Å². The Morgan fingerprint density at radius 3 is 1.21 bits per heavy atom. The summed E-state index contributed by atoms with van der Waals surface area (Å²) in [6.45, 7) is 0. The van der Waals surface area contributed by atoms with Crippen molar-refractivity contribution in [2.75, 3.05) is 19.0 Å². The maximum Gasteiger partial charge on any atom is 0.359 e. The molecule has 1 aromatic heterocycles. The van der Waals surface area contributed by atoms with E-state index in [1.54, 1.807) is 0 Å². The van der Waals surface area contributed by atoms with Gasteiger partial charge in [-0.15, -0.1) is 16.4 Å². The number of anilines is 1. The fourth-order valence-electron chi connectivity index (χ4n) is 4.27. The van der Waals surface area contributed by atoms with E-state index in [1.165, 1.54) is 22.1 Å². The van der Waals surface area contributed by atoms with Crippen LogP contribution in [-0.2, 0) is 0 Å². The second kappa shape index (κ2) is 7.73. The molecule has 28 heavy (non-hydrogen) atoms. The molecule has 0 aliphatic heterocycles. The summed E-state index contributed by atoms with van der Waals surface area (Å²) in [7, 11) is 4.15. The first kappa shape index (κ1) is 18.1. The highest BCUT2D eigenvalue weighted by molar-refractivity contribution is 7.05. The summed E-state index contributed by atoms with van der Waals surface area (Å²) in [5, 5.41) is 0. The average Bonchev–Trinajstić information content (AvgIpc) is 2.77. The van der Waals surface area contributed by atoms with Crippen molar-refractivity contribution in [3.05, 3.63) is 116 Å². The molecule has 0 fully saturated rings. The minimum Gasteiger partial charge on any atom is -0.415 e. The zero-order chi connectivity index (χ0) is 19.4. The van der Waals surface area contributed by atoms with Gasteiger partial charge in [-0.05, 0) is 0 Å². The second-order valence-corrected chi connectivity index (χ2v) is 7.45. The number of pyridine rings is 1. The number of aromatic nitrogens is 1. The highest BCUT2D eigenvalue weighted by Crippen LogP contribution is 2.10. The van der Waals surface area contributed by atoms with E-state index in [2.05, 4.69) is 139 Å². The van der Waals surface area contributed by atoms with Gasteiger partial charge in [-0.25, -0.2) is 0 Å². The first-order valence-corrected chi connectivity index (χ1v) is 9.73. The van der Waals surface area contributed by atoms with Gasteiger partial charge in [-0.3, -0.25) is 0 Å². The molecule has 0 saturated carbocycles. The van der Waals surface area contributed by atoms with E-state index in [9.17, 15) is 0 Å². The van der Waals surface area contributed by atoms with E-state index in [1.807, 2.05) is 0 Å². The Morgan fingerprint density at radius 2 is 0.893 bits per heavy atom. The molecule has 0 atom stereocenters. The van der Waals surface area contributed by atoms with Crippen molar-refractivity contribution in [1.29, 1.82) is 0 Å². The first-order valence-electron chi connectivity index (χ1n) is 9.73. The summed E-state index contributed by atoms with van der Waals surface area (Å²) in [6, 6.07) is 36.9. The number of benzene rings is 3. The van der Waals surface area contributed by atoms with Crippen LogP contribution in [0.15, 0.2) is 116 Å². The van der Waals surface area contributed by atoms with Crippen LogP contribution < -0.4 is 25.8 Å². The molecule has 0 spiro atoms. The van der Waals surface area contributed by atoms with Crippen LogP contribution in [0.3, 0.4) is 0 Å². The van der Waals surface area contributed by atoms with Gasteiger partial charge in [0.15, 0.2) is 0 Å². The molecule has 0 aliphatic carbocycles. The molecule has 0 saturated heterocycles.